The first kappa shape index (κ1) is 23.1. The van der Waals surface area contributed by atoms with Gasteiger partial charge in [0, 0.05) is 11.1 Å². The molecule has 0 heterocycles. The first-order valence-electron chi connectivity index (χ1n) is 11.0. The number of fused-ring (bicyclic) bond motifs is 2. The van der Waals surface area contributed by atoms with Crippen LogP contribution in [-0.4, -0.2) is 0 Å². The molecule has 0 fully saturated rings. The maximum Gasteiger partial charge on any atom is 0.505 e. The third-order valence-corrected chi connectivity index (χ3v) is 6.64. The third kappa shape index (κ3) is 4.99. The van der Waals surface area contributed by atoms with E-state index in [2.05, 4.69) is 73.6 Å². The van der Waals surface area contributed by atoms with Gasteiger partial charge < -0.3 is 9.05 Å². The highest BCUT2D eigenvalue weighted by Crippen LogP contribution is 2.50. The van der Waals surface area contributed by atoms with Gasteiger partial charge in [0.15, 0.2) is 0 Å². The van der Waals surface area contributed by atoms with Gasteiger partial charge >= 0.3 is 8.69 Å². The van der Waals surface area contributed by atoms with Crippen molar-refractivity contribution in [1.82, 2.24) is 0 Å². The molecule has 2 unspecified atom stereocenters. The summed E-state index contributed by atoms with van der Waals surface area (Å²) in [5.74, 6) is 1.60. The normalized spacial score (nSPS) is 17.6. The van der Waals surface area contributed by atoms with Crippen LogP contribution in [0.5, 0.6) is 11.5 Å². The highest BCUT2D eigenvalue weighted by molar-refractivity contribution is 7.42. The number of halogens is 1. The minimum absolute atomic E-state index is 0.132. The highest BCUT2D eigenvalue weighted by atomic mass is 31.2. The number of hydrogen-bond acceptors (Lipinski definition) is 2. The lowest BCUT2D eigenvalue weighted by Gasteiger charge is -2.31. The second-order valence-electron chi connectivity index (χ2n) is 10.6. The Kier molecular flexibility index (Phi) is 6.54. The van der Waals surface area contributed by atoms with Crippen LogP contribution < -0.4 is 9.05 Å². The van der Waals surface area contributed by atoms with Crippen LogP contribution in [0.3, 0.4) is 0 Å². The SMILES string of the molecule is CCc1ccc(OP(F)Oc2c3cc(cc2C(C)(C)C)CCC3C)c(C(C)(C)C)c1. The van der Waals surface area contributed by atoms with Crippen LogP contribution in [0.1, 0.15) is 95.5 Å². The zero-order valence-electron chi connectivity index (χ0n) is 19.7. The molecule has 2 nitrogen and oxygen atoms in total. The Morgan fingerprint density at radius 2 is 1.63 bits per heavy atom. The molecule has 0 spiro atoms. The number of aryl methyl sites for hydroxylation is 2. The number of rotatable bonds is 5. The Morgan fingerprint density at radius 3 is 2.23 bits per heavy atom. The minimum atomic E-state index is -2.60. The Morgan fingerprint density at radius 1 is 0.967 bits per heavy atom. The summed E-state index contributed by atoms with van der Waals surface area (Å²) < 4.78 is 27.0. The van der Waals surface area contributed by atoms with Crippen LogP contribution in [-0.2, 0) is 23.7 Å². The standard InChI is InChI=1S/C26H36FO2P/c1-9-18-12-13-23(21(15-18)25(3,4)5)28-30(27)29-24-20-14-19(11-10-17(20)2)16-22(24)26(6,7)8/h12-17H,9-11H2,1-8H3. The van der Waals surface area contributed by atoms with Crippen LogP contribution in [0.25, 0.3) is 0 Å². The first-order chi connectivity index (χ1) is 13.9. The van der Waals surface area contributed by atoms with Crippen molar-refractivity contribution >= 4 is 8.69 Å². The molecule has 2 atom stereocenters. The average Bonchev–Trinajstić information content (AvgIpc) is 2.64. The quantitative estimate of drug-likeness (QED) is 0.442. The van der Waals surface area contributed by atoms with Crippen molar-refractivity contribution in [3.05, 3.63) is 58.1 Å². The van der Waals surface area contributed by atoms with E-state index < -0.39 is 8.69 Å². The molecule has 0 saturated heterocycles. The molecule has 0 aliphatic heterocycles. The van der Waals surface area contributed by atoms with Gasteiger partial charge in [-0.1, -0.05) is 79.7 Å². The van der Waals surface area contributed by atoms with Crippen molar-refractivity contribution in [2.45, 2.75) is 91.4 Å². The molecule has 4 heteroatoms. The van der Waals surface area contributed by atoms with Crippen molar-refractivity contribution in [1.29, 1.82) is 0 Å². The molecule has 30 heavy (non-hydrogen) atoms. The van der Waals surface area contributed by atoms with Gasteiger partial charge in [0.05, 0.1) is 0 Å². The molecule has 2 bridgehead atoms. The van der Waals surface area contributed by atoms with Crippen LogP contribution in [0.4, 0.5) is 4.20 Å². The first-order valence-corrected chi connectivity index (χ1v) is 12.1. The van der Waals surface area contributed by atoms with E-state index in [0.717, 1.165) is 36.0 Å². The van der Waals surface area contributed by atoms with E-state index in [1.807, 2.05) is 12.1 Å². The molecule has 2 aromatic rings. The molecule has 1 aliphatic carbocycles. The van der Waals surface area contributed by atoms with Crippen molar-refractivity contribution in [3.8, 4) is 11.5 Å². The van der Waals surface area contributed by atoms with E-state index in [9.17, 15) is 0 Å². The number of hydrogen-bond donors (Lipinski definition) is 0. The largest absolute Gasteiger partial charge is 0.505 e. The van der Waals surface area contributed by atoms with Gasteiger partial charge in [0.1, 0.15) is 11.5 Å². The van der Waals surface area contributed by atoms with Gasteiger partial charge in [-0.25, -0.2) is 0 Å². The van der Waals surface area contributed by atoms with E-state index in [0.29, 0.717) is 17.4 Å². The van der Waals surface area contributed by atoms with E-state index in [1.54, 1.807) is 0 Å². The molecular formula is C26H36FO2P. The van der Waals surface area contributed by atoms with Crippen molar-refractivity contribution < 1.29 is 13.2 Å². The Balaban J connectivity index is 1.94. The van der Waals surface area contributed by atoms with Crippen molar-refractivity contribution in [2.24, 2.45) is 0 Å². The van der Waals surface area contributed by atoms with Crippen molar-refractivity contribution in [2.75, 3.05) is 0 Å². The Labute approximate surface area is 183 Å². The van der Waals surface area contributed by atoms with Crippen LogP contribution in [0, 0.1) is 0 Å². The molecule has 1 aliphatic rings. The van der Waals surface area contributed by atoms with Crippen LogP contribution in [0.15, 0.2) is 30.3 Å². The fraction of sp³-hybridized carbons (Fsp3) is 0.538. The lowest BCUT2D eigenvalue weighted by atomic mass is 9.78. The summed E-state index contributed by atoms with van der Waals surface area (Å²) in [6.45, 7) is 17.1. The van der Waals surface area contributed by atoms with Gasteiger partial charge in [0.25, 0.3) is 0 Å². The maximum atomic E-state index is 15.3. The molecular weight excluding hydrogens is 394 g/mol. The summed E-state index contributed by atoms with van der Waals surface area (Å²) in [7, 11) is -2.60. The smallest absolute Gasteiger partial charge is 0.414 e. The summed E-state index contributed by atoms with van der Waals surface area (Å²) in [5.41, 5.74) is 5.44. The van der Waals surface area contributed by atoms with Gasteiger partial charge in [-0.2, -0.15) is 0 Å². The van der Waals surface area contributed by atoms with Gasteiger partial charge in [-0.3, -0.25) is 0 Å². The summed E-state index contributed by atoms with van der Waals surface area (Å²) in [4.78, 5) is 0. The highest BCUT2D eigenvalue weighted by Gasteiger charge is 2.31. The fourth-order valence-corrected chi connectivity index (χ4v) is 4.75. The van der Waals surface area contributed by atoms with Crippen molar-refractivity contribution in [3.63, 3.8) is 0 Å². The molecule has 0 amide bonds. The molecule has 0 radical (unpaired) electrons. The topological polar surface area (TPSA) is 18.5 Å². The molecule has 2 aromatic carbocycles. The lowest BCUT2D eigenvalue weighted by molar-refractivity contribution is 0.413. The van der Waals surface area contributed by atoms with E-state index in [1.165, 1.54) is 11.1 Å². The zero-order chi connectivity index (χ0) is 22.3. The van der Waals surface area contributed by atoms with E-state index in [-0.39, 0.29) is 10.8 Å². The third-order valence-electron chi connectivity index (χ3n) is 5.98. The predicted octanol–water partition coefficient (Wildman–Crippen LogP) is 8.55. The van der Waals surface area contributed by atoms with E-state index in [4.69, 9.17) is 9.05 Å². The van der Waals surface area contributed by atoms with E-state index >= 15 is 4.20 Å². The number of benzene rings is 2. The predicted molar refractivity (Wildman–Crippen MR) is 126 cm³/mol. The lowest BCUT2D eigenvalue weighted by Crippen LogP contribution is -2.18. The van der Waals surface area contributed by atoms with Crippen LogP contribution >= 0.6 is 8.69 Å². The van der Waals surface area contributed by atoms with Crippen LogP contribution in [0.2, 0.25) is 0 Å². The average molecular weight is 431 g/mol. The second kappa shape index (κ2) is 8.50. The monoisotopic (exact) mass is 430 g/mol. The minimum Gasteiger partial charge on any atom is -0.414 e. The molecule has 3 rings (SSSR count). The maximum absolute atomic E-state index is 15.3. The zero-order valence-corrected chi connectivity index (χ0v) is 20.6. The summed E-state index contributed by atoms with van der Waals surface area (Å²) in [6.07, 6.45) is 3.07. The molecule has 164 valence electrons. The summed E-state index contributed by atoms with van der Waals surface area (Å²) >= 11 is 0. The Bertz CT molecular complexity index is 908. The molecule has 0 saturated carbocycles. The molecule has 0 N–H and O–H groups in total. The summed E-state index contributed by atoms with van der Waals surface area (Å²) in [5, 5.41) is 0. The fourth-order valence-electron chi connectivity index (χ4n) is 4.05. The van der Waals surface area contributed by atoms with Gasteiger partial charge in [0.2, 0.25) is 0 Å². The summed E-state index contributed by atoms with van der Waals surface area (Å²) in [6, 6.07) is 10.4. The second-order valence-corrected chi connectivity index (χ2v) is 11.4. The van der Waals surface area contributed by atoms with Gasteiger partial charge in [-0.05, 0) is 58.8 Å². The van der Waals surface area contributed by atoms with Gasteiger partial charge in [-0.15, -0.1) is 4.20 Å². The Hall–Kier alpha value is -1.60. The molecule has 0 aromatic heterocycles.